The summed E-state index contributed by atoms with van der Waals surface area (Å²) in [5, 5.41) is 2.24. The molecule has 0 fully saturated rings. The van der Waals surface area contributed by atoms with Crippen LogP contribution in [0.15, 0.2) is 72.8 Å². The van der Waals surface area contributed by atoms with E-state index < -0.39 is 0 Å². The van der Waals surface area contributed by atoms with Crippen LogP contribution in [0.4, 0.5) is 0 Å². The highest BCUT2D eigenvalue weighted by atomic mass is 14.9. The number of rotatable bonds is 3. The first-order valence-corrected chi connectivity index (χ1v) is 9.98. The lowest BCUT2D eigenvalue weighted by atomic mass is 9.91. The van der Waals surface area contributed by atoms with Gasteiger partial charge in [0.05, 0.1) is 6.76 Å². The van der Waals surface area contributed by atoms with Gasteiger partial charge in [-0.3, -0.25) is 0 Å². The minimum atomic E-state index is 0.379. The SMILES string of the molecule is [2H]c1c(C)[n+](C)c(-c2ccc(-c3ccccc3)cc2C)c2cccc(C(C)C)c12. The molecule has 0 N–H and O–H groups in total. The topological polar surface area (TPSA) is 3.88 Å². The van der Waals surface area contributed by atoms with Gasteiger partial charge < -0.3 is 0 Å². The number of nitrogens with zero attached hydrogens (tertiary/aromatic N) is 1. The van der Waals surface area contributed by atoms with Crippen LogP contribution in [0, 0.1) is 13.8 Å². The van der Waals surface area contributed by atoms with Crippen molar-refractivity contribution in [1.82, 2.24) is 0 Å². The van der Waals surface area contributed by atoms with Crippen molar-refractivity contribution < 1.29 is 5.94 Å². The number of hydrogen-bond acceptors (Lipinski definition) is 0. The van der Waals surface area contributed by atoms with E-state index in [1.807, 2.05) is 6.07 Å². The van der Waals surface area contributed by atoms with Crippen LogP contribution in [-0.4, -0.2) is 0 Å². The van der Waals surface area contributed by atoms with Crippen molar-refractivity contribution in [2.24, 2.45) is 7.05 Å². The molecule has 0 spiro atoms. The summed E-state index contributed by atoms with van der Waals surface area (Å²) in [6.07, 6.45) is 0. The fraction of sp³-hybridized carbons (Fsp3) is 0.222. The van der Waals surface area contributed by atoms with Crippen LogP contribution < -0.4 is 4.57 Å². The van der Waals surface area contributed by atoms with Crippen LogP contribution in [-0.2, 0) is 7.05 Å². The molecule has 4 rings (SSSR count). The molecule has 0 saturated heterocycles. The Labute approximate surface area is 169 Å². The van der Waals surface area contributed by atoms with E-state index in [-0.39, 0.29) is 0 Å². The van der Waals surface area contributed by atoms with Crippen molar-refractivity contribution in [3.63, 3.8) is 0 Å². The fourth-order valence-corrected chi connectivity index (χ4v) is 4.07. The van der Waals surface area contributed by atoms with Crippen LogP contribution in [0.25, 0.3) is 33.2 Å². The van der Waals surface area contributed by atoms with Crippen molar-refractivity contribution in [3.05, 3.63) is 89.6 Å². The highest BCUT2D eigenvalue weighted by Gasteiger charge is 2.21. The quantitative estimate of drug-likeness (QED) is 0.353. The van der Waals surface area contributed by atoms with Gasteiger partial charge in [0.15, 0.2) is 5.69 Å². The van der Waals surface area contributed by atoms with Crippen molar-refractivity contribution in [1.29, 1.82) is 0 Å². The van der Waals surface area contributed by atoms with E-state index in [2.05, 4.69) is 100.0 Å². The Hall–Kier alpha value is -2.93. The minimum Gasteiger partial charge on any atom is -0.198 e. The molecule has 0 amide bonds. The van der Waals surface area contributed by atoms with Crippen LogP contribution in [0.3, 0.4) is 0 Å². The van der Waals surface area contributed by atoms with E-state index >= 15 is 0 Å². The van der Waals surface area contributed by atoms with E-state index in [4.69, 9.17) is 1.37 Å². The number of pyridine rings is 1. The van der Waals surface area contributed by atoms with Crippen molar-refractivity contribution in [2.45, 2.75) is 33.6 Å². The zero-order chi connectivity index (χ0) is 20.7. The zero-order valence-electron chi connectivity index (χ0n) is 18.4. The number of fused-ring (bicyclic) bond motifs is 1. The Morgan fingerprint density at radius 3 is 2.25 bits per heavy atom. The molecule has 1 heteroatoms. The molecule has 28 heavy (non-hydrogen) atoms. The summed E-state index contributed by atoms with van der Waals surface area (Å²) in [5.74, 6) is 0.379. The molecule has 0 saturated carbocycles. The number of aromatic nitrogens is 1. The van der Waals surface area contributed by atoms with E-state index in [0.717, 1.165) is 16.5 Å². The number of hydrogen-bond donors (Lipinski definition) is 0. The average Bonchev–Trinajstić information content (AvgIpc) is 2.73. The summed E-state index contributed by atoms with van der Waals surface area (Å²) < 4.78 is 11.0. The van der Waals surface area contributed by atoms with Crippen LogP contribution in [0.2, 0.25) is 0 Å². The minimum absolute atomic E-state index is 0.379. The molecule has 140 valence electrons. The molecular weight excluding hydrogens is 338 g/mol. The van der Waals surface area contributed by atoms with Gasteiger partial charge in [0.2, 0.25) is 5.69 Å². The smallest absolute Gasteiger partial charge is 0.198 e. The normalized spacial score (nSPS) is 11.9. The predicted octanol–water partition coefficient (Wildman–Crippen LogP) is 6.74. The summed E-state index contributed by atoms with van der Waals surface area (Å²) in [6.45, 7) is 8.64. The largest absolute Gasteiger partial charge is 0.220 e. The molecule has 0 bridgehead atoms. The summed E-state index contributed by atoms with van der Waals surface area (Å²) in [4.78, 5) is 0. The summed E-state index contributed by atoms with van der Waals surface area (Å²) in [5.41, 5.74) is 8.36. The Bertz CT molecular complexity index is 1210. The molecule has 1 aromatic heterocycles. The molecule has 0 radical (unpaired) electrons. The first kappa shape index (κ1) is 17.2. The molecule has 4 aromatic rings. The lowest BCUT2D eigenvalue weighted by molar-refractivity contribution is -0.665. The lowest BCUT2D eigenvalue weighted by Crippen LogP contribution is -2.35. The van der Waals surface area contributed by atoms with Gasteiger partial charge in [0.1, 0.15) is 7.05 Å². The highest BCUT2D eigenvalue weighted by Crippen LogP contribution is 2.34. The third kappa shape index (κ3) is 3.11. The van der Waals surface area contributed by atoms with Gasteiger partial charge in [-0.15, -0.1) is 0 Å². The van der Waals surface area contributed by atoms with Gasteiger partial charge in [0, 0.05) is 18.5 Å². The summed E-state index contributed by atoms with van der Waals surface area (Å²) in [7, 11) is 2.08. The fourth-order valence-electron chi connectivity index (χ4n) is 4.07. The average molecular weight is 368 g/mol. The van der Waals surface area contributed by atoms with E-state index in [1.54, 1.807) is 0 Å². The maximum Gasteiger partial charge on any atom is 0.220 e. The molecule has 0 aliphatic carbocycles. The molecule has 0 atom stereocenters. The van der Waals surface area contributed by atoms with Crippen molar-refractivity contribution in [3.8, 4) is 22.4 Å². The maximum absolute atomic E-state index is 8.80. The van der Waals surface area contributed by atoms with Crippen molar-refractivity contribution in [2.75, 3.05) is 0 Å². The van der Waals surface area contributed by atoms with Crippen LogP contribution >= 0.6 is 0 Å². The zero-order valence-corrected chi connectivity index (χ0v) is 17.4. The van der Waals surface area contributed by atoms with Crippen LogP contribution in [0.1, 0.15) is 38.0 Å². The van der Waals surface area contributed by atoms with E-state index in [9.17, 15) is 0 Å². The Balaban J connectivity index is 2.01. The maximum atomic E-state index is 8.80. The lowest BCUT2D eigenvalue weighted by Gasteiger charge is -2.15. The van der Waals surface area contributed by atoms with E-state index in [1.165, 1.54) is 33.5 Å². The third-order valence-corrected chi connectivity index (χ3v) is 5.71. The second-order valence-corrected chi connectivity index (χ2v) is 7.94. The van der Waals surface area contributed by atoms with Crippen LogP contribution in [0.5, 0.6) is 0 Å². The second-order valence-electron chi connectivity index (χ2n) is 7.94. The monoisotopic (exact) mass is 367 g/mol. The number of benzene rings is 3. The standard InChI is InChI=1S/C27H28N/c1-18(2)23-12-9-13-25-26(23)17-20(4)28(5)27(25)24-15-14-22(16-19(24)3)21-10-7-6-8-11-21/h6-18H,1-5H3/q+1/i17D. The Morgan fingerprint density at radius 2 is 1.57 bits per heavy atom. The number of aryl methyl sites for hydroxylation is 1. The third-order valence-electron chi connectivity index (χ3n) is 5.71. The van der Waals surface area contributed by atoms with Gasteiger partial charge in [-0.2, -0.15) is 4.57 Å². The Morgan fingerprint density at radius 1 is 0.821 bits per heavy atom. The van der Waals surface area contributed by atoms with Gasteiger partial charge in [-0.1, -0.05) is 68.4 Å². The molecule has 0 unspecified atom stereocenters. The molecule has 3 aromatic carbocycles. The molecule has 0 aliphatic rings. The second kappa shape index (κ2) is 7.24. The first-order chi connectivity index (χ1) is 13.9. The van der Waals surface area contributed by atoms with Gasteiger partial charge in [0.25, 0.3) is 0 Å². The highest BCUT2D eigenvalue weighted by molar-refractivity contribution is 5.96. The molecule has 1 heterocycles. The molecule has 1 nitrogen and oxygen atoms in total. The summed E-state index contributed by atoms with van der Waals surface area (Å²) in [6, 6.07) is 24.3. The summed E-state index contributed by atoms with van der Waals surface area (Å²) >= 11 is 0. The van der Waals surface area contributed by atoms with Crippen molar-refractivity contribution >= 4 is 10.8 Å². The molecule has 0 aliphatic heterocycles. The van der Waals surface area contributed by atoms with Gasteiger partial charge in [-0.05, 0) is 52.6 Å². The van der Waals surface area contributed by atoms with Gasteiger partial charge >= 0.3 is 0 Å². The first-order valence-electron chi connectivity index (χ1n) is 10.5. The Kier molecular flexibility index (Phi) is 4.44. The predicted molar refractivity (Wildman–Crippen MR) is 120 cm³/mol. The molecular formula is C27H28N+. The van der Waals surface area contributed by atoms with Gasteiger partial charge in [-0.25, -0.2) is 0 Å². The van der Waals surface area contributed by atoms with E-state index in [0.29, 0.717) is 12.0 Å².